The molecule has 140 valence electrons. The van der Waals surface area contributed by atoms with Crippen LogP contribution in [0.5, 0.6) is 0 Å². The van der Waals surface area contributed by atoms with Crippen LogP contribution in [0.1, 0.15) is 25.0 Å². The van der Waals surface area contributed by atoms with E-state index in [1.54, 1.807) is 0 Å². The summed E-state index contributed by atoms with van der Waals surface area (Å²) in [6, 6.07) is 21.3. The van der Waals surface area contributed by atoms with E-state index >= 15 is 0 Å². The molecule has 0 aromatic heterocycles. The van der Waals surface area contributed by atoms with E-state index in [1.165, 1.54) is 11.1 Å². The van der Waals surface area contributed by atoms with E-state index in [2.05, 4.69) is 74.5 Å². The van der Waals surface area contributed by atoms with Crippen LogP contribution in [0.25, 0.3) is 21.6 Å². The van der Waals surface area contributed by atoms with Gasteiger partial charge in [-0.15, -0.1) is 0 Å². The summed E-state index contributed by atoms with van der Waals surface area (Å²) in [7, 11) is 0. The molecular weight excluding hydrogens is 348 g/mol. The molecule has 0 N–H and O–H groups in total. The van der Waals surface area contributed by atoms with Gasteiger partial charge in [-0.1, -0.05) is 74.5 Å². The Hall–Kier alpha value is -4.04. The third-order valence-corrected chi connectivity index (χ3v) is 2.99. The molecule has 2 aromatic rings. The summed E-state index contributed by atoms with van der Waals surface area (Å²) in [5.41, 5.74) is 2.80. The topological polar surface area (TPSA) is 157 Å². The van der Waals surface area contributed by atoms with Crippen molar-refractivity contribution < 1.29 is 19.2 Å². The molecule has 2 rings (SSSR count). The molecule has 0 aliphatic heterocycles. The molecule has 0 fully saturated rings. The molecule has 0 unspecified atom stereocenters. The van der Waals surface area contributed by atoms with Crippen molar-refractivity contribution in [3.63, 3.8) is 0 Å². The number of rotatable bonds is 2. The third-order valence-electron chi connectivity index (χ3n) is 2.99. The maximum atomic E-state index is 8.24. The van der Waals surface area contributed by atoms with Crippen LogP contribution in [-0.2, 0) is 24.6 Å². The average molecular weight is 364 g/mol. The van der Waals surface area contributed by atoms with E-state index in [4.69, 9.17) is 40.8 Å². The largest absolute Gasteiger partial charge is 0.724 e. The fraction of sp³-hybridized carbons (Fsp3) is 0.158. The van der Waals surface area contributed by atoms with Gasteiger partial charge in [0, 0.05) is 5.41 Å². The Bertz CT molecular complexity index is 661. The normalized spacial score (nSPS) is 7.48. The van der Waals surface area contributed by atoms with Gasteiger partial charge in [0.05, 0.1) is 0 Å². The molecule has 0 aliphatic carbocycles. The first-order valence-electron chi connectivity index (χ1n) is 7.03. The standard InChI is InChI=1S/C15H16.4CNO/c1-15(2,13-9-5-3-6-10-13)14-11-7-4-8-12-14;4*2-1-3/h3-12H,1-2H3;;;;/q;4*-1. The number of carbonyl (C=O) groups excluding carboxylic acids is 4. The fourth-order valence-electron chi connectivity index (χ4n) is 1.88. The minimum absolute atomic E-state index is 0.0858. The quantitative estimate of drug-likeness (QED) is 0.589. The number of isocyanates is 4. The van der Waals surface area contributed by atoms with E-state index < -0.39 is 0 Å². The van der Waals surface area contributed by atoms with Gasteiger partial charge in [0.2, 0.25) is 0 Å². The van der Waals surface area contributed by atoms with Gasteiger partial charge >= 0.3 is 0 Å². The zero-order chi connectivity index (χ0) is 21.6. The molecule has 0 saturated carbocycles. The predicted octanol–water partition coefficient (Wildman–Crippen LogP) is 3.58. The Morgan fingerprint density at radius 3 is 0.926 bits per heavy atom. The van der Waals surface area contributed by atoms with Gasteiger partial charge in [0.25, 0.3) is 0 Å². The molecule has 0 heterocycles. The van der Waals surface area contributed by atoms with Crippen molar-refractivity contribution in [3.05, 3.63) is 93.4 Å². The van der Waals surface area contributed by atoms with Gasteiger partial charge in [-0.05, 0) is 35.4 Å². The minimum Gasteiger partial charge on any atom is -0.724 e. The number of nitrogens with zero attached hydrogens (tertiary/aromatic N) is 4. The highest BCUT2D eigenvalue weighted by molar-refractivity contribution is 5.38. The molecule has 0 saturated heterocycles. The maximum Gasteiger partial charge on any atom is 0.0146 e. The lowest BCUT2D eigenvalue weighted by atomic mass is 9.78. The summed E-state index contributed by atoms with van der Waals surface area (Å²) in [5, 5.41) is 27.1. The molecule has 0 bridgehead atoms. The summed E-state index contributed by atoms with van der Waals surface area (Å²) in [4.78, 5) is 32.9. The van der Waals surface area contributed by atoms with Crippen molar-refractivity contribution >= 4 is 24.3 Å². The Labute approximate surface area is 156 Å². The lowest BCUT2D eigenvalue weighted by molar-refractivity contribution is 0.568. The van der Waals surface area contributed by atoms with Gasteiger partial charge in [0.15, 0.2) is 0 Å². The maximum absolute atomic E-state index is 8.24. The van der Waals surface area contributed by atoms with Crippen LogP contribution < -0.4 is 0 Å². The molecule has 27 heavy (non-hydrogen) atoms. The monoisotopic (exact) mass is 364 g/mol. The molecule has 0 radical (unpaired) electrons. The van der Waals surface area contributed by atoms with Crippen LogP contribution in [0, 0.1) is 0 Å². The minimum atomic E-state index is 0.0858. The van der Waals surface area contributed by atoms with E-state index in [0.717, 1.165) is 0 Å². The van der Waals surface area contributed by atoms with Crippen LogP contribution in [0.3, 0.4) is 0 Å². The van der Waals surface area contributed by atoms with Gasteiger partial charge in [-0.25, -0.2) is 0 Å². The first kappa shape index (κ1) is 27.8. The van der Waals surface area contributed by atoms with Crippen LogP contribution in [0.2, 0.25) is 0 Å². The molecule has 2 aromatic carbocycles. The van der Waals surface area contributed by atoms with Crippen LogP contribution in [-0.4, -0.2) is 24.3 Å². The van der Waals surface area contributed by atoms with Crippen LogP contribution >= 0.6 is 0 Å². The fourth-order valence-corrected chi connectivity index (χ4v) is 1.88. The molecule has 0 atom stereocenters. The van der Waals surface area contributed by atoms with Gasteiger partial charge in [-0.3, -0.25) is 19.2 Å². The summed E-state index contributed by atoms with van der Waals surface area (Å²) in [6.45, 7) is 4.52. The molecule has 0 amide bonds. The number of hydrogen-bond acceptors (Lipinski definition) is 4. The Morgan fingerprint density at radius 2 is 0.741 bits per heavy atom. The van der Waals surface area contributed by atoms with Crippen LogP contribution in [0.15, 0.2) is 60.7 Å². The first-order chi connectivity index (χ1) is 12.9. The second-order valence-corrected chi connectivity index (χ2v) is 4.72. The summed E-state index contributed by atoms with van der Waals surface area (Å²) < 4.78 is 0. The Morgan fingerprint density at radius 1 is 0.556 bits per heavy atom. The smallest absolute Gasteiger partial charge is 0.0146 e. The van der Waals surface area contributed by atoms with Crippen molar-refractivity contribution in [1.29, 1.82) is 0 Å². The van der Waals surface area contributed by atoms with Gasteiger partial charge in [0.1, 0.15) is 0 Å². The predicted molar refractivity (Wildman–Crippen MR) is 101 cm³/mol. The molecule has 0 spiro atoms. The van der Waals surface area contributed by atoms with Crippen molar-refractivity contribution in [1.82, 2.24) is 0 Å². The van der Waals surface area contributed by atoms with Crippen molar-refractivity contribution in [2.24, 2.45) is 0 Å². The highest BCUT2D eigenvalue weighted by Crippen LogP contribution is 2.30. The Balaban J connectivity index is -0.000000400. The summed E-state index contributed by atoms with van der Waals surface area (Å²) in [5.74, 6) is 0. The zero-order valence-corrected chi connectivity index (χ0v) is 14.7. The second kappa shape index (κ2) is 20.0. The number of benzene rings is 2. The highest BCUT2D eigenvalue weighted by Gasteiger charge is 2.21. The lowest BCUT2D eigenvalue weighted by Gasteiger charge is -2.25. The molecule has 8 heteroatoms. The van der Waals surface area contributed by atoms with E-state index in [1.807, 2.05) is 0 Å². The van der Waals surface area contributed by atoms with Crippen LogP contribution in [0.4, 0.5) is 0 Å². The molecule has 0 aliphatic rings. The van der Waals surface area contributed by atoms with E-state index in [0.29, 0.717) is 24.3 Å². The number of hydrogen-bond donors (Lipinski definition) is 0. The molecule has 8 nitrogen and oxygen atoms in total. The van der Waals surface area contributed by atoms with Crippen molar-refractivity contribution in [2.45, 2.75) is 19.3 Å². The first-order valence-corrected chi connectivity index (χ1v) is 7.03. The van der Waals surface area contributed by atoms with Gasteiger partial charge in [-0.2, -0.15) is 0 Å². The lowest BCUT2D eigenvalue weighted by Crippen LogP contribution is -2.18. The molecular formula is C19H16N4O4-4. The van der Waals surface area contributed by atoms with Gasteiger partial charge < -0.3 is 21.6 Å². The Kier molecular flexibility index (Phi) is 20.6. The van der Waals surface area contributed by atoms with Crippen molar-refractivity contribution in [2.75, 3.05) is 0 Å². The second-order valence-electron chi connectivity index (χ2n) is 4.72. The SMILES string of the molecule is CC(C)(c1ccccc1)c1ccccc1.[N-]=C=O.[N-]=C=O.[N-]=C=O.[N-]=C=O. The third kappa shape index (κ3) is 15.2. The zero-order valence-electron chi connectivity index (χ0n) is 14.7. The average Bonchev–Trinajstić information content (AvgIpc) is 2.66. The summed E-state index contributed by atoms with van der Waals surface area (Å²) in [6.07, 6.45) is 2.00. The van der Waals surface area contributed by atoms with Crippen molar-refractivity contribution in [3.8, 4) is 0 Å². The van der Waals surface area contributed by atoms with E-state index in [-0.39, 0.29) is 5.41 Å². The summed E-state index contributed by atoms with van der Waals surface area (Å²) >= 11 is 0. The highest BCUT2D eigenvalue weighted by atomic mass is 16.1. The van der Waals surface area contributed by atoms with E-state index in [9.17, 15) is 0 Å².